The molecule has 8 nitrogen and oxygen atoms in total. The molecule has 3 rings (SSSR count). The number of esters is 1. The number of hydrogen-bond acceptors (Lipinski definition) is 7. The molecular weight excluding hydrogens is 390 g/mol. The summed E-state index contributed by atoms with van der Waals surface area (Å²) in [5.41, 5.74) is 1.10. The molecule has 146 valence electrons. The van der Waals surface area contributed by atoms with Gasteiger partial charge < -0.3 is 10.1 Å². The minimum Gasteiger partial charge on any atom is -0.462 e. The van der Waals surface area contributed by atoms with Crippen LogP contribution in [0, 0.1) is 5.92 Å². The molecular formula is C17H21N3O5S2. The van der Waals surface area contributed by atoms with Crippen LogP contribution in [0.25, 0.3) is 10.2 Å². The zero-order valence-electron chi connectivity index (χ0n) is 15.1. The molecule has 27 heavy (non-hydrogen) atoms. The average molecular weight is 412 g/mol. The molecule has 2 aromatic rings. The van der Waals surface area contributed by atoms with Gasteiger partial charge >= 0.3 is 5.97 Å². The van der Waals surface area contributed by atoms with Gasteiger partial charge in [-0.2, -0.15) is 0 Å². The predicted molar refractivity (Wildman–Crippen MR) is 103 cm³/mol. The lowest BCUT2D eigenvalue weighted by Crippen LogP contribution is -2.43. The molecule has 1 atom stereocenters. The summed E-state index contributed by atoms with van der Waals surface area (Å²) in [6.07, 6.45) is 2.44. The number of rotatable bonds is 5. The maximum Gasteiger partial charge on any atom is 0.338 e. The van der Waals surface area contributed by atoms with Gasteiger partial charge in [0.25, 0.3) is 0 Å². The molecule has 0 aliphatic carbocycles. The fourth-order valence-electron chi connectivity index (χ4n) is 2.98. The highest BCUT2D eigenvalue weighted by Crippen LogP contribution is 2.28. The summed E-state index contributed by atoms with van der Waals surface area (Å²) in [6, 6.07) is 5.03. The summed E-state index contributed by atoms with van der Waals surface area (Å²) in [7, 11) is -3.31. The van der Waals surface area contributed by atoms with E-state index in [4.69, 9.17) is 4.74 Å². The van der Waals surface area contributed by atoms with Crippen LogP contribution in [0.4, 0.5) is 5.13 Å². The van der Waals surface area contributed by atoms with Crippen molar-refractivity contribution in [2.24, 2.45) is 5.92 Å². The maximum absolute atomic E-state index is 12.5. The number of benzene rings is 1. The standard InChI is InChI=1S/C17H21N3O5S2/c1-3-25-16(22)11-6-7-13-14(9-11)26-17(18-13)19-15(21)12-5-4-8-20(10-12)27(2,23)24/h6-7,9,12H,3-5,8,10H2,1-2H3,(H,18,19,21). The molecule has 0 radical (unpaired) electrons. The Balaban J connectivity index is 1.72. The Kier molecular flexibility index (Phi) is 5.78. The number of sulfonamides is 1. The number of fused-ring (bicyclic) bond motifs is 1. The average Bonchev–Trinajstić information content (AvgIpc) is 3.02. The zero-order chi connectivity index (χ0) is 19.6. The van der Waals surface area contributed by atoms with Crippen molar-refractivity contribution in [2.75, 3.05) is 31.3 Å². The topological polar surface area (TPSA) is 106 Å². The van der Waals surface area contributed by atoms with E-state index in [2.05, 4.69) is 10.3 Å². The van der Waals surface area contributed by atoms with Gasteiger partial charge in [0, 0.05) is 13.1 Å². The van der Waals surface area contributed by atoms with Crippen LogP contribution in [0.5, 0.6) is 0 Å². The van der Waals surface area contributed by atoms with Gasteiger partial charge in [0.15, 0.2) is 5.13 Å². The molecule has 1 N–H and O–H groups in total. The van der Waals surface area contributed by atoms with E-state index in [1.807, 2.05) is 0 Å². The molecule has 1 aliphatic rings. The Hall–Kier alpha value is -2.04. The molecule has 0 bridgehead atoms. The van der Waals surface area contributed by atoms with E-state index in [9.17, 15) is 18.0 Å². The number of hydrogen-bond donors (Lipinski definition) is 1. The Morgan fingerprint density at radius 1 is 1.41 bits per heavy atom. The van der Waals surface area contributed by atoms with Gasteiger partial charge in [-0.1, -0.05) is 11.3 Å². The number of nitrogens with one attached hydrogen (secondary N) is 1. The number of amides is 1. The van der Waals surface area contributed by atoms with Gasteiger partial charge in [-0.3, -0.25) is 4.79 Å². The number of anilines is 1. The Morgan fingerprint density at radius 3 is 2.89 bits per heavy atom. The summed E-state index contributed by atoms with van der Waals surface area (Å²) in [4.78, 5) is 28.7. The van der Waals surface area contributed by atoms with Crippen LogP contribution in [0.15, 0.2) is 18.2 Å². The third-order valence-electron chi connectivity index (χ3n) is 4.35. The summed E-state index contributed by atoms with van der Waals surface area (Å²) in [5.74, 6) is -1.05. The van der Waals surface area contributed by atoms with E-state index in [1.165, 1.54) is 15.6 Å². The number of ether oxygens (including phenoxy) is 1. The van der Waals surface area contributed by atoms with Crippen molar-refractivity contribution in [1.29, 1.82) is 0 Å². The largest absolute Gasteiger partial charge is 0.462 e. The molecule has 1 amide bonds. The Labute approximate surface area is 161 Å². The number of carbonyl (C=O) groups excluding carboxylic acids is 2. The van der Waals surface area contributed by atoms with Crippen molar-refractivity contribution < 1.29 is 22.7 Å². The molecule has 0 saturated carbocycles. The van der Waals surface area contributed by atoms with Crippen molar-refractivity contribution in [3.8, 4) is 0 Å². The molecule has 1 unspecified atom stereocenters. The quantitative estimate of drug-likeness (QED) is 0.755. The summed E-state index contributed by atoms with van der Waals surface area (Å²) < 4.78 is 30.5. The van der Waals surface area contributed by atoms with E-state index in [-0.39, 0.29) is 12.5 Å². The van der Waals surface area contributed by atoms with Gasteiger partial charge in [0.05, 0.1) is 34.6 Å². The molecule has 1 aromatic heterocycles. The normalized spacial score (nSPS) is 18.4. The lowest BCUT2D eigenvalue weighted by Gasteiger charge is -2.29. The first-order chi connectivity index (χ1) is 12.8. The van der Waals surface area contributed by atoms with Crippen LogP contribution >= 0.6 is 11.3 Å². The molecule has 2 heterocycles. The molecule has 1 aliphatic heterocycles. The second kappa shape index (κ2) is 7.91. The number of thiazole rings is 1. The van der Waals surface area contributed by atoms with Crippen LogP contribution in [0.2, 0.25) is 0 Å². The summed E-state index contributed by atoms with van der Waals surface area (Å²) in [6.45, 7) is 2.67. The first kappa shape index (κ1) is 19.7. The summed E-state index contributed by atoms with van der Waals surface area (Å²) in [5, 5.41) is 3.20. The van der Waals surface area contributed by atoms with E-state index < -0.39 is 21.9 Å². The van der Waals surface area contributed by atoms with Crippen molar-refractivity contribution in [1.82, 2.24) is 9.29 Å². The number of aromatic nitrogens is 1. The molecule has 10 heteroatoms. The first-order valence-electron chi connectivity index (χ1n) is 8.61. The molecule has 1 fully saturated rings. The highest BCUT2D eigenvalue weighted by atomic mass is 32.2. The lowest BCUT2D eigenvalue weighted by atomic mass is 9.99. The Morgan fingerprint density at radius 2 is 2.19 bits per heavy atom. The minimum absolute atomic E-state index is 0.183. The SMILES string of the molecule is CCOC(=O)c1ccc2nc(NC(=O)C3CCCN(S(C)(=O)=O)C3)sc2c1. The Bertz CT molecular complexity index is 970. The lowest BCUT2D eigenvalue weighted by molar-refractivity contribution is -0.120. The third-order valence-corrected chi connectivity index (χ3v) is 6.56. The van der Waals surface area contributed by atoms with Gasteiger partial charge in [-0.15, -0.1) is 0 Å². The van der Waals surface area contributed by atoms with Crippen molar-refractivity contribution in [3.05, 3.63) is 23.8 Å². The maximum atomic E-state index is 12.5. The summed E-state index contributed by atoms with van der Waals surface area (Å²) >= 11 is 1.26. The van der Waals surface area contributed by atoms with Crippen LogP contribution in [0.3, 0.4) is 0 Å². The minimum atomic E-state index is -3.31. The van der Waals surface area contributed by atoms with E-state index in [0.29, 0.717) is 42.2 Å². The van der Waals surface area contributed by atoms with Crippen LogP contribution in [-0.4, -0.2) is 55.5 Å². The first-order valence-corrected chi connectivity index (χ1v) is 11.3. The fourth-order valence-corrected chi connectivity index (χ4v) is 4.80. The number of piperidine rings is 1. The van der Waals surface area contributed by atoms with Gasteiger partial charge in [0.2, 0.25) is 15.9 Å². The third kappa shape index (κ3) is 4.63. The highest BCUT2D eigenvalue weighted by molar-refractivity contribution is 7.88. The van der Waals surface area contributed by atoms with E-state index in [1.54, 1.807) is 25.1 Å². The fraction of sp³-hybridized carbons (Fsp3) is 0.471. The number of carbonyl (C=O) groups is 2. The predicted octanol–water partition coefficient (Wildman–Crippen LogP) is 2.08. The van der Waals surface area contributed by atoms with Gasteiger partial charge in [-0.05, 0) is 38.0 Å². The second-order valence-corrected chi connectivity index (χ2v) is 9.38. The second-order valence-electron chi connectivity index (χ2n) is 6.37. The van der Waals surface area contributed by atoms with Crippen LogP contribution in [-0.2, 0) is 19.6 Å². The molecule has 0 spiro atoms. The molecule has 1 saturated heterocycles. The highest BCUT2D eigenvalue weighted by Gasteiger charge is 2.30. The van der Waals surface area contributed by atoms with Gasteiger partial charge in [-0.25, -0.2) is 22.5 Å². The van der Waals surface area contributed by atoms with Crippen molar-refractivity contribution in [3.63, 3.8) is 0 Å². The van der Waals surface area contributed by atoms with Gasteiger partial charge in [0.1, 0.15) is 0 Å². The number of nitrogens with zero attached hydrogens (tertiary/aromatic N) is 2. The smallest absolute Gasteiger partial charge is 0.338 e. The molecule has 1 aromatic carbocycles. The van der Waals surface area contributed by atoms with E-state index in [0.717, 1.165) is 11.0 Å². The zero-order valence-corrected chi connectivity index (χ0v) is 16.7. The van der Waals surface area contributed by atoms with Crippen LogP contribution in [0.1, 0.15) is 30.1 Å². The monoisotopic (exact) mass is 411 g/mol. The van der Waals surface area contributed by atoms with Crippen molar-refractivity contribution >= 4 is 48.6 Å². The van der Waals surface area contributed by atoms with E-state index >= 15 is 0 Å². The van der Waals surface area contributed by atoms with Crippen molar-refractivity contribution in [2.45, 2.75) is 19.8 Å². The van der Waals surface area contributed by atoms with Crippen LogP contribution < -0.4 is 5.32 Å².